The van der Waals surface area contributed by atoms with Crippen LogP contribution in [0.3, 0.4) is 0 Å². The average molecular weight is 367 g/mol. The van der Waals surface area contributed by atoms with Crippen molar-refractivity contribution in [2.24, 2.45) is 0 Å². The zero-order chi connectivity index (χ0) is 17.6. The summed E-state index contributed by atoms with van der Waals surface area (Å²) in [4.78, 5) is 11.1. The predicted molar refractivity (Wildman–Crippen MR) is 95.2 cm³/mol. The lowest BCUT2D eigenvalue weighted by molar-refractivity contribution is -0.118. The fourth-order valence-electron chi connectivity index (χ4n) is 1.83. The molecular formula is C16H15ClN2O4S. The minimum Gasteiger partial charge on any atom is -0.387 e. The number of aliphatic hydroxyl groups excluding tert-OH is 1. The minimum atomic E-state index is -3.75. The summed E-state index contributed by atoms with van der Waals surface area (Å²) in [6, 6.07) is 13.0. The normalized spacial score (nSPS) is 11.4. The zero-order valence-electron chi connectivity index (χ0n) is 12.4. The fraction of sp³-hybridized carbons (Fsp3) is 0.0625. The second-order valence-corrected chi connectivity index (χ2v) is 6.73. The van der Waals surface area contributed by atoms with Crippen LogP contribution in [0.1, 0.15) is 5.56 Å². The molecule has 0 spiro atoms. The molecule has 126 valence electrons. The molecule has 1 amide bonds. The van der Waals surface area contributed by atoms with Crippen molar-refractivity contribution in [1.82, 2.24) is 0 Å². The van der Waals surface area contributed by atoms with Crippen LogP contribution in [0.5, 0.6) is 0 Å². The van der Waals surface area contributed by atoms with E-state index >= 15 is 0 Å². The summed E-state index contributed by atoms with van der Waals surface area (Å²) in [5.41, 5.74) is 1.22. The van der Waals surface area contributed by atoms with Crippen LogP contribution in [0.4, 0.5) is 11.4 Å². The molecule has 2 aromatic rings. The van der Waals surface area contributed by atoms with Gasteiger partial charge in [-0.15, -0.1) is 0 Å². The largest absolute Gasteiger partial charge is 0.387 e. The Kier molecular flexibility index (Phi) is 5.97. The molecule has 0 aromatic heterocycles. The minimum absolute atomic E-state index is 0.273. The summed E-state index contributed by atoms with van der Waals surface area (Å²) < 4.78 is 26.6. The number of sulfonamides is 1. The molecule has 0 heterocycles. The number of anilines is 2. The van der Waals surface area contributed by atoms with Gasteiger partial charge in [0.15, 0.2) is 0 Å². The molecule has 0 atom stereocenters. The van der Waals surface area contributed by atoms with Gasteiger partial charge in [-0.25, -0.2) is 8.42 Å². The summed E-state index contributed by atoms with van der Waals surface area (Å²) in [6.07, 6.45) is 1.39. The van der Waals surface area contributed by atoms with E-state index in [1.54, 1.807) is 36.4 Å². The molecule has 6 nitrogen and oxygen atoms in total. The highest BCUT2D eigenvalue weighted by Crippen LogP contribution is 2.19. The first-order chi connectivity index (χ1) is 11.4. The summed E-state index contributed by atoms with van der Waals surface area (Å²) in [7, 11) is -3.75. The monoisotopic (exact) mass is 366 g/mol. The number of aliphatic hydroxyl groups is 1. The first kappa shape index (κ1) is 18.0. The number of nitrogens with one attached hydrogen (secondary N) is 2. The standard InChI is InChI=1S/C16H15ClN2O4S/c17-15-7-2-1-4-12(15)8-9-24(22,23)19-14-6-3-5-13(10-14)18-16(21)11-20/h1-10,19-20H,11H2,(H,18,21)/b9-8+. The van der Waals surface area contributed by atoms with Crippen LogP contribution in [0.15, 0.2) is 53.9 Å². The molecule has 3 N–H and O–H groups in total. The Morgan fingerprint density at radius 3 is 2.54 bits per heavy atom. The third kappa shape index (κ3) is 5.38. The third-order valence-corrected chi connectivity index (χ3v) is 4.24. The maximum absolute atomic E-state index is 12.1. The molecule has 2 rings (SSSR count). The van der Waals surface area contributed by atoms with E-state index in [-0.39, 0.29) is 5.69 Å². The number of rotatable bonds is 6. The van der Waals surface area contributed by atoms with Crippen LogP contribution < -0.4 is 10.0 Å². The Labute approximate surface area is 144 Å². The van der Waals surface area contributed by atoms with E-state index in [0.29, 0.717) is 16.3 Å². The molecule has 0 aliphatic carbocycles. The molecule has 0 aliphatic heterocycles. The number of halogens is 1. The molecule has 8 heteroatoms. The fourth-order valence-corrected chi connectivity index (χ4v) is 2.88. The van der Waals surface area contributed by atoms with Crippen molar-refractivity contribution in [3.63, 3.8) is 0 Å². The molecule has 2 aromatic carbocycles. The zero-order valence-corrected chi connectivity index (χ0v) is 14.0. The van der Waals surface area contributed by atoms with Crippen molar-refractivity contribution < 1.29 is 18.3 Å². The Balaban J connectivity index is 2.13. The number of carbonyl (C=O) groups excluding carboxylic acids is 1. The molecule has 0 radical (unpaired) electrons. The molecule has 0 bridgehead atoms. The van der Waals surface area contributed by atoms with Crippen molar-refractivity contribution >= 4 is 45.0 Å². The lowest BCUT2D eigenvalue weighted by atomic mass is 10.2. The second-order valence-electron chi connectivity index (χ2n) is 4.76. The molecule has 0 saturated carbocycles. The van der Waals surface area contributed by atoms with Gasteiger partial charge in [0.05, 0.1) is 11.1 Å². The highest BCUT2D eigenvalue weighted by Gasteiger charge is 2.07. The van der Waals surface area contributed by atoms with Gasteiger partial charge in [-0.2, -0.15) is 0 Å². The van der Waals surface area contributed by atoms with Crippen LogP contribution in [-0.2, 0) is 14.8 Å². The van der Waals surface area contributed by atoms with E-state index in [4.69, 9.17) is 16.7 Å². The summed E-state index contributed by atoms with van der Waals surface area (Å²) in [6.45, 7) is -0.656. The van der Waals surface area contributed by atoms with Crippen molar-refractivity contribution in [1.29, 1.82) is 0 Å². The highest BCUT2D eigenvalue weighted by atomic mass is 35.5. The van der Waals surface area contributed by atoms with Gasteiger partial charge in [-0.05, 0) is 35.9 Å². The van der Waals surface area contributed by atoms with Crippen LogP contribution in [0.2, 0.25) is 5.02 Å². The van der Waals surface area contributed by atoms with Gasteiger partial charge in [0.2, 0.25) is 5.91 Å². The quantitative estimate of drug-likeness (QED) is 0.732. The van der Waals surface area contributed by atoms with E-state index in [1.165, 1.54) is 18.2 Å². The van der Waals surface area contributed by atoms with Gasteiger partial charge >= 0.3 is 0 Å². The highest BCUT2D eigenvalue weighted by molar-refractivity contribution is 7.95. The molecule has 0 fully saturated rings. The maximum Gasteiger partial charge on any atom is 0.255 e. The molecule has 0 aliphatic rings. The van der Waals surface area contributed by atoms with Crippen molar-refractivity contribution in [2.75, 3.05) is 16.6 Å². The van der Waals surface area contributed by atoms with E-state index in [9.17, 15) is 13.2 Å². The summed E-state index contributed by atoms with van der Waals surface area (Å²) in [5.74, 6) is -0.589. The second kappa shape index (κ2) is 7.96. The van der Waals surface area contributed by atoms with Gasteiger partial charge in [-0.3, -0.25) is 9.52 Å². The Morgan fingerprint density at radius 1 is 1.12 bits per heavy atom. The van der Waals surface area contributed by atoms with Crippen molar-refractivity contribution in [2.45, 2.75) is 0 Å². The van der Waals surface area contributed by atoms with Gasteiger partial charge in [0.1, 0.15) is 6.61 Å². The number of hydrogen-bond donors (Lipinski definition) is 3. The van der Waals surface area contributed by atoms with Crippen molar-refractivity contribution in [3.8, 4) is 0 Å². The molecule has 0 saturated heterocycles. The van der Waals surface area contributed by atoms with Crippen LogP contribution in [0, 0.1) is 0 Å². The number of hydrogen-bond acceptors (Lipinski definition) is 4. The Morgan fingerprint density at radius 2 is 1.83 bits per heavy atom. The van der Waals surface area contributed by atoms with E-state index < -0.39 is 22.5 Å². The number of amides is 1. The van der Waals surface area contributed by atoms with Gasteiger partial charge in [0, 0.05) is 10.7 Å². The Bertz CT molecular complexity index is 866. The van der Waals surface area contributed by atoms with Gasteiger partial charge in [-0.1, -0.05) is 35.9 Å². The van der Waals surface area contributed by atoms with Crippen molar-refractivity contribution in [3.05, 3.63) is 64.5 Å². The predicted octanol–water partition coefficient (Wildman–Crippen LogP) is 2.68. The van der Waals surface area contributed by atoms with Crippen LogP contribution >= 0.6 is 11.6 Å². The summed E-state index contributed by atoms with van der Waals surface area (Å²) in [5, 5.41) is 12.6. The first-order valence-corrected chi connectivity index (χ1v) is 8.78. The number of benzene rings is 2. The Hall–Kier alpha value is -2.35. The lowest BCUT2D eigenvalue weighted by Gasteiger charge is -2.08. The maximum atomic E-state index is 12.1. The van der Waals surface area contributed by atoms with E-state index in [2.05, 4.69) is 10.0 Å². The topological polar surface area (TPSA) is 95.5 Å². The lowest BCUT2D eigenvalue weighted by Crippen LogP contribution is -2.15. The third-order valence-electron chi connectivity index (χ3n) is 2.88. The van der Waals surface area contributed by atoms with Crippen LogP contribution in [-0.4, -0.2) is 26.0 Å². The van der Waals surface area contributed by atoms with E-state index in [1.807, 2.05) is 0 Å². The molecule has 0 unspecified atom stereocenters. The van der Waals surface area contributed by atoms with Crippen LogP contribution in [0.25, 0.3) is 6.08 Å². The van der Waals surface area contributed by atoms with Gasteiger partial charge < -0.3 is 10.4 Å². The average Bonchev–Trinajstić information content (AvgIpc) is 2.54. The molecule has 24 heavy (non-hydrogen) atoms. The van der Waals surface area contributed by atoms with E-state index in [0.717, 1.165) is 5.41 Å². The first-order valence-electron chi connectivity index (χ1n) is 6.86. The SMILES string of the molecule is O=C(CO)Nc1cccc(NS(=O)(=O)/C=C/c2ccccc2Cl)c1. The van der Waals surface area contributed by atoms with Gasteiger partial charge in [0.25, 0.3) is 10.0 Å². The smallest absolute Gasteiger partial charge is 0.255 e. The number of carbonyl (C=O) groups is 1. The summed E-state index contributed by atoms with van der Waals surface area (Å²) >= 11 is 5.97. The molecular weight excluding hydrogens is 352 g/mol.